The van der Waals surface area contributed by atoms with Gasteiger partial charge in [0.25, 0.3) is 0 Å². The molecule has 3 rings (SSSR count). The molecule has 164 valence electrons. The van der Waals surface area contributed by atoms with Gasteiger partial charge in [-0.2, -0.15) is 0 Å². The Morgan fingerprint density at radius 2 is 1.97 bits per heavy atom. The fraction of sp³-hybridized carbons (Fsp3) is 0.591. The van der Waals surface area contributed by atoms with E-state index in [0.29, 0.717) is 6.61 Å². The fourth-order valence-electron chi connectivity index (χ4n) is 3.91. The minimum absolute atomic E-state index is 0.0181. The maximum absolute atomic E-state index is 5.66. The number of aromatic nitrogens is 3. The molecule has 30 heavy (non-hydrogen) atoms. The highest BCUT2D eigenvalue weighted by Gasteiger charge is 2.34. The van der Waals surface area contributed by atoms with Gasteiger partial charge in [-0.05, 0) is 37.5 Å². The van der Waals surface area contributed by atoms with E-state index in [-0.39, 0.29) is 5.41 Å². The summed E-state index contributed by atoms with van der Waals surface area (Å²) in [5, 5.41) is 15.1. The highest BCUT2D eigenvalue weighted by molar-refractivity contribution is 5.79. The van der Waals surface area contributed by atoms with Crippen LogP contribution in [0.2, 0.25) is 0 Å². The molecule has 2 N–H and O–H groups in total. The molecule has 0 radical (unpaired) electrons. The van der Waals surface area contributed by atoms with Gasteiger partial charge in [-0.3, -0.25) is 4.99 Å². The van der Waals surface area contributed by atoms with Crippen LogP contribution in [-0.2, 0) is 23.1 Å². The van der Waals surface area contributed by atoms with Crippen LogP contribution in [0.5, 0.6) is 5.75 Å². The van der Waals surface area contributed by atoms with Crippen molar-refractivity contribution in [1.82, 2.24) is 25.4 Å². The number of rotatable bonds is 9. The minimum atomic E-state index is 0.0181. The van der Waals surface area contributed by atoms with E-state index >= 15 is 0 Å². The van der Waals surface area contributed by atoms with Crippen molar-refractivity contribution in [3.8, 4) is 5.75 Å². The number of guanidine groups is 1. The molecule has 0 amide bonds. The summed E-state index contributed by atoms with van der Waals surface area (Å²) < 4.78 is 13.3. The number of hydrogen-bond acceptors (Lipinski definition) is 5. The van der Waals surface area contributed by atoms with Crippen LogP contribution >= 0.6 is 0 Å². The van der Waals surface area contributed by atoms with Crippen molar-refractivity contribution in [3.05, 3.63) is 42.0 Å². The standard InChI is InChI=1S/C22H34N6O2/c1-4-20-27-26-17-28(20)13-12-24-21(23-3)25-16-22(10-14-29-15-11-22)18-6-8-19(9-7-18)30-5-2/h6-9,17H,4-5,10-16H2,1-3H3,(H2,23,24,25). The van der Waals surface area contributed by atoms with E-state index in [1.165, 1.54) is 5.56 Å². The van der Waals surface area contributed by atoms with Crippen molar-refractivity contribution < 1.29 is 9.47 Å². The van der Waals surface area contributed by atoms with E-state index in [1.807, 2.05) is 6.92 Å². The van der Waals surface area contributed by atoms with Gasteiger partial charge in [0.1, 0.15) is 17.9 Å². The fourth-order valence-corrected chi connectivity index (χ4v) is 3.91. The smallest absolute Gasteiger partial charge is 0.191 e. The van der Waals surface area contributed by atoms with Gasteiger partial charge in [0, 0.05) is 51.7 Å². The zero-order valence-corrected chi connectivity index (χ0v) is 18.4. The van der Waals surface area contributed by atoms with E-state index in [2.05, 4.69) is 61.6 Å². The average molecular weight is 415 g/mol. The highest BCUT2D eigenvalue weighted by Crippen LogP contribution is 2.35. The number of nitrogens with one attached hydrogen (secondary N) is 2. The predicted octanol–water partition coefficient (Wildman–Crippen LogP) is 2.15. The lowest BCUT2D eigenvalue weighted by molar-refractivity contribution is 0.0513. The molecule has 2 heterocycles. The third-order valence-corrected chi connectivity index (χ3v) is 5.70. The molecule has 0 saturated carbocycles. The molecule has 8 heteroatoms. The molecule has 1 aliphatic heterocycles. The number of aliphatic imine (C=N–C) groups is 1. The lowest BCUT2D eigenvalue weighted by Gasteiger charge is -2.38. The molecule has 1 aliphatic rings. The van der Waals surface area contributed by atoms with Crippen LogP contribution in [0.1, 0.15) is 38.1 Å². The number of benzene rings is 1. The SMILES string of the molecule is CCOc1ccc(C2(CNC(=NC)NCCn3cnnc3CC)CCOCC2)cc1. The molecule has 1 fully saturated rings. The first-order valence-corrected chi connectivity index (χ1v) is 10.8. The normalized spacial score (nSPS) is 16.3. The number of nitrogens with zero attached hydrogens (tertiary/aromatic N) is 4. The monoisotopic (exact) mass is 414 g/mol. The third kappa shape index (κ3) is 5.50. The Morgan fingerprint density at radius 3 is 2.63 bits per heavy atom. The molecule has 8 nitrogen and oxygen atoms in total. The Balaban J connectivity index is 1.60. The summed E-state index contributed by atoms with van der Waals surface area (Å²) in [6.07, 6.45) is 4.61. The van der Waals surface area contributed by atoms with Crippen molar-refractivity contribution in [2.24, 2.45) is 4.99 Å². The van der Waals surface area contributed by atoms with E-state index in [1.54, 1.807) is 13.4 Å². The molecule has 1 saturated heterocycles. The molecule has 0 aliphatic carbocycles. The molecule has 0 unspecified atom stereocenters. The van der Waals surface area contributed by atoms with Crippen LogP contribution in [0.25, 0.3) is 0 Å². The van der Waals surface area contributed by atoms with Crippen molar-refractivity contribution >= 4 is 5.96 Å². The van der Waals surface area contributed by atoms with Crippen LogP contribution in [-0.4, -0.2) is 60.7 Å². The highest BCUT2D eigenvalue weighted by atomic mass is 16.5. The Kier molecular flexibility index (Phi) is 8.07. The molecular formula is C22H34N6O2. The summed E-state index contributed by atoms with van der Waals surface area (Å²) in [5.41, 5.74) is 1.33. The van der Waals surface area contributed by atoms with Gasteiger partial charge in [0.05, 0.1) is 6.61 Å². The molecular weight excluding hydrogens is 380 g/mol. The second-order valence-electron chi connectivity index (χ2n) is 7.50. The zero-order chi connectivity index (χ0) is 21.2. The largest absolute Gasteiger partial charge is 0.494 e. The first kappa shape index (κ1) is 22.1. The number of hydrogen-bond donors (Lipinski definition) is 2. The second-order valence-corrected chi connectivity index (χ2v) is 7.50. The molecule has 1 aromatic heterocycles. The van der Waals surface area contributed by atoms with E-state index < -0.39 is 0 Å². The summed E-state index contributed by atoms with van der Waals surface area (Å²) in [6.45, 7) is 8.67. The Labute approximate surface area is 179 Å². The van der Waals surface area contributed by atoms with Crippen LogP contribution in [0.4, 0.5) is 0 Å². The summed E-state index contributed by atoms with van der Waals surface area (Å²) in [5.74, 6) is 2.71. The summed E-state index contributed by atoms with van der Waals surface area (Å²) in [4.78, 5) is 4.40. The van der Waals surface area contributed by atoms with E-state index in [0.717, 1.165) is 69.6 Å². The first-order chi connectivity index (χ1) is 14.7. The van der Waals surface area contributed by atoms with Gasteiger partial charge in [0.15, 0.2) is 5.96 Å². The summed E-state index contributed by atoms with van der Waals surface area (Å²) in [7, 11) is 1.80. The van der Waals surface area contributed by atoms with E-state index in [4.69, 9.17) is 9.47 Å². The summed E-state index contributed by atoms with van der Waals surface area (Å²) in [6, 6.07) is 8.50. The molecule has 0 spiro atoms. The molecule has 2 aromatic rings. The minimum Gasteiger partial charge on any atom is -0.494 e. The van der Waals surface area contributed by atoms with Gasteiger partial charge in [-0.1, -0.05) is 19.1 Å². The average Bonchev–Trinajstić information content (AvgIpc) is 3.25. The summed E-state index contributed by atoms with van der Waals surface area (Å²) >= 11 is 0. The van der Waals surface area contributed by atoms with Crippen LogP contribution in [0, 0.1) is 0 Å². The van der Waals surface area contributed by atoms with Gasteiger partial charge >= 0.3 is 0 Å². The Morgan fingerprint density at radius 1 is 1.20 bits per heavy atom. The quantitative estimate of drug-likeness (QED) is 0.483. The van der Waals surface area contributed by atoms with Gasteiger partial charge < -0.3 is 24.7 Å². The van der Waals surface area contributed by atoms with Crippen molar-refractivity contribution in [2.75, 3.05) is 40.0 Å². The van der Waals surface area contributed by atoms with Crippen molar-refractivity contribution in [1.29, 1.82) is 0 Å². The lowest BCUT2D eigenvalue weighted by atomic mass is 9.74. The second kappa shape index (κ2) is 11.0. The Bertz CT molecular complexity index is 796. The van der Waals surface area contributed by atoms with Crippen LogP contribution in [0.3, 0.4) is 0 Å². The number of ether oxygens (including phenoxy) is 2. The van der Waals surface area contributed by atoms with Crippen molar-refractivity contribution in [2.45, 2.75) is 45.1 Å². The lowest BCUT2D eigenvalue weighted by Crippen LogP contribution is -2.48. The van der Waals surface area contributed by atoms with Crippen molar-refractivity contribution in [3.63, 3.8) is 0 Å². The maximum Gasteiger partial charge on any atom is 0.191 e. The first-order valence-electron chi connectivity index (χ1n) is 10.8. The van der Waals surface area contributed by atoms with Crippen LogP contribution < -0.4 is 15.4 Å². The van der Waals surface area contributed by atoms with Gasteiger partial charge in [-0.25, -0.2) is 0 Å². The van der Waals surface area contributed by atoms with Gasteiger partial charge in [0.2, 0.25) is 0 Å². The molecule has 0 bridgehead atoms. The molecule has 0 atom stereocenters. The Hall–Kier alpha value is -2.61. The molecule has 1 aromatic carbocycles. The zero-order valence-electron chi connectivity index (χ0n) is 18.4. The topological polar surface area (TPSA) is 85.6 Å². The van der Waals surface area contributed by atoms with Gasteiger partial charge in [-0.15, -0.1) is 10.2 Å². The van der Waals surface area contributed by atoms with E-state index in [9.17, 15) is 0 Å². The predicted molar refractivity (Wildman–Crippen MR) is 118 cm³/mol. The van der Waals surface area contributed by atoms with Crippen LogP contribution in [0.15, 0.2) is 35.6 Å². The number of aryl methyl sites for hydroxylation is 1. The maximum atomic E-state index is 5.66. The third-order valence-electron chi connectivity index (χ3n) is 5.70.